The number of fused-ring (bicyclic) bond motifs is 1. The Labute approximate surface area is 120 Å². The molecule has 0 aliphatic carbocycles. The molecule has 4 nitrogen and oxygen atoms in total. The number of hydrogen-bond acceptors (Lipinski definition) is 3. The Morgan fingerprint density at radius 1 is 1.10 bits per heavy atom. The third-order valence-electron chi connectivity index (χ3n) is 3.13. The summed E-state index contributed by atoms with van der Waals surface area (Å²) in [6, 6.07) is 14.1. The molecule has 0 atom stereocenters. The highest BCUT2D eigenvalue weighted by Crippen LogP contribution is 2.34. The molecule has 0 amide bonds. The van der Waals surface area contributed by atoms with Crippen LogP contribution in [0.4, 0.5) is 0 Å². The largest absolute Gasteiger partial charge is 0.450 e. The van der Waals surface area contributed by atoms with Gasteiger partial charge >= 0.3 is 0 Å². The normalized spacial score (nSPS) is 13.7. The van der Waals surface area contributed by atoms with E-state index in [1.165, 1.54) is 0 Å². The monoisotopic (exact) mass is 287 g/mol. The molecule has 100 valence electrons. The first-order chi connectivity index (χ1) is 9.65. The minimum Gasteiger partial charge on any atom is -0.450 e. The molecule has 20 heavy (non-hydrogen) atoms. The second kappa shape index (κ2) is 4.98. The van der Waals surface area contributed by atoms with E-state index in [0.717, 1.165) is 5.56 Å². The molecule has 0 radical (unpaired) electrons. The maximum absolute atomic E-state index is 11.3. The van der Waals surface area contributed by atoms with Gasteiger partial charge in [-0.05, 0) is 30.3 Å². The highest BCUT2D eigenvalue weighted by Gasteiger charge is 2.29. The fraction of sp³-hybridized carbons (Fsp3) is 0.0667. The lowest BCUT2D eigenvalue weighted by Crippen LogP contribution is -2.15. The van der Waals surface area contributed by atoms with E-state index in [2.05, 4.69) is 0 Å². The van der Waals surface area contributed by atoms with Crippen LogP contribution in [0.15, 0.2) is 54.2 Å². The zero-order valence-electron chi connectivity index (χ0n) is 10.4. The minimum atomic E-state index is -0.389. The second-order valence-corrected chi connectivity index (χ2v) is 4.86. The lowest BCUT2D eigenvalue weighted by atomic mass is 10.0. The van der Waals surface area contributed by atoms with E-state index in [4.69, 9.17) is 16.3 Å². The third kappa shape index (κ3) is 2.26. The van der Waals surface area contributed by atoms with E-state index < -0.39 is 0 Å². The van der Waals surface area contributed by atoms with Crippen molar-refractivity contribution in [2.75, 3.05) is 0 Å². The molecule has 1 aliphatic heterocycles. The first kappa shape index (κ1) is 12.7. The number of hydrogen-bond donors (Lipinski definition) is 0. The van der Waals surface area contributed by atoms with Crippen LogP contribution >= 0.6 is 11.6 Å². The van der Waals surface area contributed by atoms with E-state index in [1.807, 2.05) is 24.3 Å². The number of benzene rings is 2. The molecule has 5 heteroatoms. The van der Waals surface area contributed by atoms with E-state index in [9.17, 15) is 10.1 Å². The van der Waals surface area contributed by atoms with Gasteiger partial charge in [-0.15, -0.1) is 0 Å². The SMILES string of the molecule is O=[N+]([O-])C1=C(c2ccc(Cl)cc2)Oc2ccccc2C1. The lowest BCUT2D eigenvalue weighted by molar-refractivity contribution is -0.427. The average molecular weight is 288 g/mol. The molecule has 0 bridgehead atoms. The van der Waals surface area contributed by atoms with Crippen LogP contribution < -0.4 is 4.74 Å². The Bertz CT molecular complexity index is 707. The maximum Gasteiger partial charge on any atom is 0.293 e. The Balaban J connectivity index is 2.10. The van der Waals surface area contributed by atoms with Gasteiger partial charge in [0.05, 0.1) is 11.3 Å². The summed E-state index contributed by atoms with van der Waals surface area (Å²) < 4.78 is 5.73. The van der Waals surface area contributed by atoms with E-state index in [0.29, 0.717) is 16.3 Å². The maximum atomic E-state index is 11.3. The van der Waals surface area contributed by atoms with Crippen LogP contribution in [0.25, 0.3) is 5.76 Å². The van der Waals surface area contributed by atoms with Crippen LogP contribution in [0.2, 0.25) is 5.02 Å². The summed E-state index contributed by atoms with van der Waals surface area (Å²) in [7, 11) is 0. The number of ether oxygens (including phenoxy) is 1. The highest BCUT2D eigenvalue weighted by molar-refractivity contribution is 6.30. The van der Waals surface area contributed by atoms with Crippen LogP contribution in [0.1, 0.15) is 11.1 Å². The van der Waals surface area contributed by atoms with Crippen molar-refractivity contribution in [2.24, 2.45) is 0 Å². The first-order valence-electron chi connectivity index (χ1n) is 6.04. The van der Waals surface area contributed by atoms with Crippen LogP contribution in [0, 0.1) is 10.1 Å². The summed E-state index contributed by atoms with van der Waals surface area (Å²) >= 11 is 5.84. The van der Waals surface area contributed by atoms with Crippen LogP contribution in [0.5, 0.6) is 5.75 Å². The number of nitro groups is 1. The van der Waals surface area contributed by atoms with Gasteiger partial charge in [0.25, 0.3) is 5.70 Å². The predicted octanol–water partition coefficient (Wildman–Crippen LogP) is 3.92. The molecule has 0 spiro atoms. The topological polar surface area (TPSA) is 52.4 Å². The van der Waals surface area contributed by atoms with Crippen LogP contribution in [-0.4, -0.2) is 4.92 Å². The van der Waals surface area contributed by atoms with Gasteiger partial charge in [0, 0.05) is 16.1 Å². The Morgan fingerprint density at radius 3 is 2.50 bits per heavy atom. The van der Waals surface area contributed by atoms with Crippen molar-refractivity contribution >= 4 is 17.4 Å². The summed E-state index contributed by atoms with van der Waals surface area (Å²) in [4.78, 5) is 10.9. The summed E-state index contributed by atoms with van der Waals surface area (Å²) in [5, 5.41) is 11.8. The molecule has 0 fully saturated rings. The molecule has 0 N–H and O–H groups in total. The van der Waals surface area contributed by atoms with Gasteiger partial charge < -0.3 is 4.74 Å². The molecule has 3 rings (SSSR count). The van der Waals surface area contributed by atoms with Crippen molar-refractivity contribution in [1.82, 2.24) is 0 Å². The molecule has 1 aliphatic rings. The zero-order valence-corrected chi connectivity index (χ0v) is 11.1. The molecule has 1 heterocycles. The fourth-order valence-electron chi connectivity index (χ4n) is 2.15. The molecule has 0 aromatic heterocycles. The summed E-state index contributed by atoms with van der Waals surface area (Å²) in [6.07, 6.45) is 0.251. The van der Waals surface area contributed by atoms with Gasteiger partial charge in [0.1, 0.15) is 5.75 Å². The Morgan fingerprint density at radius 2 is 1.80 bits per heavy atom. The molecule has 2 aromatic rings. The molecule has 2 aromatic carbocycles. The van der Waals surface area contributed by atoms with E-state index in [-0.39, 0.29) is 22.8 Å². The van der Waals surface area contributed by atoms with E-state index in [1.54, 1.807) is 24.3 Å². The highest BCUT2D eigenvalue weighted by atomic mass is 35.5. The summed E-state index contributed by atoms with van der Waals surface area (Å²) in [5.41, 5.74) is 1.53. The number of halogens is 1. The quantitative estimate of drug-likeness (QED) is 0.621. The molecular weight excluding hydrogens is 278 g/mol. The summed E-state index contributed by atoms with van der Waals surface area (Å²) in [6.45, 7) is 0. The molecular formula is C15H10ClNO3. The van der Waals surface area contributed by atoms with Crippen LogP contribution in [0.3, 0.4) is 0 Å². The first-order valence-corrected chi connectivity index (χ1v) is 6.42. The van der Waals surface area contributed by atoms with E-state index >= 15 is 0 Å². The van der Waals surface area contributed by atoms with Gasteiger partial charge in [0.2, 0.25) is 5.76 Å². The third-order valence-corrected chi connectivity index (χ3v) is 3.38. The van der Waals surface area contributed by atoms with Gasteiger partial charge in [-0.25, -0.2) is 0 Å². The smallest absolute Gasteiger partial charge is 0.293 e. The zero-order chi connectivity index (χ0) is 14.1. The Kier molecular flexibility index (Phi) is 3.16. The molecule has 0 saturated heterocycles. The standard InChI is InChI=1S/C15H10ClNO3/c16-12-7-5-10(6-8-12)15-13(17(18)19)9-11-3-1-2-4-14(11)20-15/h1-8H,9H2. The fourth-order valence-corrected chi connectivity index (χ4v) is 2.28. The predicted molar refractivity (Wildman–Crippen MR) is 76.1 cm³/mol. The van der Waals surface area contributed by atoms with Crippen molar-refractivity contribution in [3.05, 3.63) is 80.5 Å². The molecule has 0 unspecified atom stereocenters. The van der Waals surface area contributed by atoms with Crippen molar-refractivity contribution in [1.29, 1.82) is 0 Å². The van der Waals surface area contributed by atoms with Gasteiger partial charge in [-0.1, -0.05) is 29.8 Å². The van der Waals surface area contributed by atoms with Gasteiger partial charge in [-0.3, -0.25) is 10.1 Å². The molecule has 0 saturated carbocycles. The van der Waals surface area contributed by atoms with Crippen molar-refractivity contribution in [3.63, 3.8) is 0 Å². The average Bonchev–Trinajstić information content (AvgIpc) is 2.46. The van der Waals surface area contributed by atoms with Gasteiger partial charge in [-0.2, -0.15) is 0 Å². The van der Waals surface area contributed by atoms with Crippen LogP contribution in [-0.2, 0) is 6.42 Å². The van der Waals surface area contributed by atoms with Gasteiger partial charge in [0.15, 0.2) is 0 Å². The summed E-state index contributed by atoms with van der Waals surface area (Å²) in [5.74, 6) is 0.938. The van der Waals surface area contributed by atoms with Crippen molar-refractivity contribution in [3.8, 4) is 5.75 Å². The van der Waals surface area contributed by atoms with Crippen molar-refractivity contribution in [2.45, 2.75) is 6.42 Å². The second-order valence-electron chi connectivity index (χ2n) is 4.43. The van der Waals surface area contributed by atoms with Crippen molar-refractivity contribution < 1.29 is 9.66 Å². The Hall–Kier alpha value is -2.33. The lowest BCUT2D eigenvalue weighted by Gasteiger charge is -2.18. The number of allylic oxidation sites excluding steroid dienone is 1. The number of rotatable bonds is 2. The number of para-hydroxylation sites is 1. The minimum absolute atomic E-state index is 0.0611. The number of nitrogens with zero attached hydrogens (tertiary/aromatic N) is 1.